The fourth-order valence-electron chi connectivity index (χ4n) is 3.45. The van der Waals surface area contributed by atoms with E-state index in [1.807, 2.05) is 54.6 Å². The van der Waals surface area contributed by atoms with Crippen molar-refractivity contribution >= 4 is 23.2 Å². The number of ether oxygens (including phenoxy) is 3. The van der Waals surface area contributed by atoms with Crippen LogP contribution in [-0.2, 0) is 11.3 Å². The molecule has 30 heavy (non-hydrogen) atoms. The molecule has 0 N–H and O–H groups in total. The van der Waals surface area contributed by atoms with E-state index in [0.29, 0.717) is 17.7 Å². The Balaban J connectivity index is 1.82. The summed E-state index contributed by atoms with van der Waals surface area (Å²) in [5.74, 6) is 0.413. The molecule has 152 valence electrons. The zero-order chi connectivity index (χ0) is 21.1. The maximum Gasteiger partial charge on any atom is 0.322 e. The fourth-order valence-corrected chi connectivity index (χ4v) is 3.45. The first-order chi connectivity index (χ1) is 14.7. The minimum Gasteiger partial charge on any atom is -0.480 e. The number of carbonyl (C=O) groups excluding carboxylic acids is 1. The second kappa shape index (κ2) is 8.24. The number of methoxy groups -OCH3 is 3. The quantitative estimate of drug-likeness (QED) is 0.586. The van der Waals surface area contributed by atoms with Gasteiger partial charge >= 0.3 is 6.01 Å². The lowest BCUT2D eigenvalue weighted by molar-refractivity contribution is -0.113. The van der Waals surface area contributed by atoms with Crippen molar-refractivity contribution < 1.29 is 19.0 Å². The van der Waals surface area contributed by atoms with Gasteiger partial charge in [-0.2, -0.15) is 9.97 Å². The first-order valence-corrected chi connectivity index (χ1v) is 9.37. The lowest BCUT2D eigenvalue weighted by atomic mass is 10.0. The van der Waals surface area contributed by atoms with E-state index < -0.39 is 0 Å². The number of hydrogen-bond acceptors (Lipinski definition) is 6. The molecule has 0 fully saturated rings. The molecule has 7 heteroatoms. The van der Waals surface area contributed by atoms with Gasteiger partial charge in [0.15, 0.2) is 0 Å². The molecular weight excluding hydrogens is 382 g/mol. The molecule has 0 bridgehead atoms. The topological polar surface area (TPSA) is 73.8 Å². The molecule has 0 saturated carbocycles. The molecular formula is C23H21N3O4. The number of benzene rings is 2. The van der Waals surface area contributed by atoms with Gasteiger partial charge in [0, 0.05) is 5.56 Å². The molecule has 0 aliphatic carbocycles. The average Bonchev–Trinajstić information content (AvgIpc) is 3.05. The maximum atomic E-state index is 13.4. The van der Waals surface area contributed by atoms with Crippen LogP contribution in [0.2, 0.25) is 0 Å². The lowest BCUT2D eigenvalue weighted by Gasteiger charge is -2.17. The predicted molar refractivity (Wildman–Crippen MR) is 114 cm³/mol. The van der Waals surface area contributed by atoms with Crippen LogP contribution in [0.15, 0.2) is 54.6 Å². The van der Waals surface area contributed by atoms with Crippen LogP contribution in [0, 0.1) is 0 Å². The molecule has 7 nitrogen and oxygen atoms in total. The van der Waals surface area contributed by atoms with Crippen LogP contribution in [0.1, 0.15) is 16.7 Å². The summed E-state index contributed by atoms with van der Waals surface area (Å²) in [5.41, 5.74) is 3.72. The Morgan fingerprint density at radius 3 is 2.13 bits per heavy atom. The first-order valence-electron chi connectivity index (χ1n) is 9.37. The molecule has 0 saturated heterocycles. The molecule has 1 aliphatic rings. The largest absolute Gasteiger partial charge is 0.480 e. The summed E-state index contributed by atoms with van der Waals surface area (Å²) in [4.78, 5) is 23.6. The monoisotopic (exact) mass is 403 g/mol. The lowest BCUT2D eigenvalue weighted by Crippen LogP contribution is -2.25. The Kier molecular flexibility index (Phi) is 5.34. The number of rotatable bonds is 6. The van der Waals surface area contributed by atoms with Crippen molar-refractivity contribution in [1.29, 1.82) is 0 Å². The summed E-state index contributed by atoms with van der Waals surface area (Å²) < 4.78 is 15.9. The number of carbonyl (C=O) groups is 1. The summed E-state index contributed by atoms with van der Waals surface area (Å²) in [5, 5.41) is 0. The van der Waals surface area contributed by atoms with Crippen molar-refractivity contribution in [2.24, 2.45) is 0 Å². The number of nitrogens with zero attached hydrogens (tertiary/aromatic N) is 3. The zero-order valence-electron chi connectivity index (χ0n) is 17.0. The van der Waals surface area contributed by atoms with E-state index >= 15 is 0 Å². The highest BCUT2D eigenvalue weighted by molar-refractivity contribution is 6.35. The van der Waals surface area contributed by atoms with Crippen LogP contribution in [0.3, 0.4) is 0 Å². The number of hydrogen-bond donors (Lipinski definition) is 0. The Bertz CT molecular complexity index is 1090. The molecule has 1 aliphatic heterocycles. The molecule has 0 unspecified atom stereocenters. The Morgan fingerprint density at radius 2 is 1.50 bits per heavy atom. The highest BCUT2D eigenvalue weighted by Gasteiger charge is 2.33. The van der Waals surface area contributed by atoms with Crippen molar-refractivity contribution in [3.63, 3.8) is 0 Å². The van der Waals surface area contributed by atoms with Crippen molar-refractivity contribution in [2.45, 2.75) is 6.54 Å². The van der Waals surface area contributed by atoms with Gasteiger partial charge in [0.1, 0.15) is 0 Å². The van der Waals surface area contributed by atoms with Crippen LogP contribution >= 0.6 is 0 Å². The third-order valence-corrected chi connectivity index (χ3v) is 4.86. The highest BCUT2D eigenvalue weighted by atomic mass is 16.5. The van der Waals surface area contributed by atoms with Crippen LogP contribution in [0.5, 0.6) is 17.8 Å². The summed E-state index contributed by atoms with van der Waals surface area (Å²) >= 11 is 0. The molecule has 1 amide bonds. The zero-order valence-corrected chi connectivity index (χ0v) is 17.0. The average molecular weight is 403 g/mol. The molecule has 2 heterocycles. The Morgan fingerprint density at radius 1 is 0.867 bits per heavy atom. The van der Waals surface area contributed by atoms with E-state index in [9.17, 15) is 4.79 Å². The number of amides is 1. The Labute approximate surface area is 174 Å². The van der Waals surface area contributed by atoms with Gasteiger partial charge in [0.25, 0.3) is 5.91 Å². The smallest absolute Gasteiger partial charge is 0.322 e. The predicted octanol–water partition coefficient (Wildman–Crippen LogP) is 3.59. The van der Waals surface area contributed by atoms with Crippen LogP contribution in [0.4, 0.5) is 5.69 Å². The molecule has 0 radical (unpaired) electrons. The third-order valence-electron chi connectivity index (χ3n) is 4.86. The van der Waals surface area contributed by atoms with Gasteiger partial charge in [-0.05, 0) is 17.7 Å². The van der Waals surface area contributed by atoms with Crippen molar-refractivity contribution in [3.05, 3.63) is 71.3 Å². The normalized spacial score (nSPS) is 14.0. The van der Waals surface area contributed by atoms with Crippen molar-refractivity contribution in [1.82, 2.24) is 9.97 Å². The van der Waals surface area contributed by atoms with Crippen LogP contribution in [0.25, 0.3) is 11.6 Å². The standard InChI is InChI=1S/C23H21N3O4/c1-28-20-18(21(29-2)25-23(24-20)30-3)13-17-16-11-7-8-12-19(16)26(22(17)27)14-15-9-5-4-6-10-15/h4-13H,14H2,1-3H3/b17-13-. The second-order valence-electron chi connectivity index (χ2n) is 6.59. The fraction of sp³-hybridized carbons (Fsp3) is 0.174. The summed E-state index contributed by atoms with van der Waals surface area (Å²) in [6, 6.07) is 17.7. The number of para-hydroxylation sites is 1. The van der Waals surface area contributed by atoms with E-state index in [1.54, 1.807) is 11.0 Å². The van der Waals surface area contributed by atoms with Gasteiger partial charge in [-0.1, -0.05) is 48.5 Å². The third kappa shape index (κ3) is 3.45. The van der Waals surface area contributed by atoms with Crippen molar-refractivity contribution in [3.8, 4) is 17.8 Å². The highest BCUT2D eigenvalue weighted by Crippen LogP contribution is 2.40. The minimum atomic E-state index is -0.111. The number of fused-ring (bicyclic) bond motifs is 1. The SMILES string of the molecule is COc1nc(OC)c(/C=C2\C(=O)N(Cc3ccccc3)c3ccccc32)c(OC)n1. The summed E-state index contributed by atoms with van der Waals surface area (Å²) in [6.07, 6.45) is 1.71. The molecule has 2 aromatic carbocycles. The molecule has 0 atom stereocenters. The van der Waals surface area contributed by atoms with E-state index in [0.717, 1.165) is 16.8 Å². The van der Waals surface area contributed by atoms with Gasteiger partial charge in [-0.15, -0.1) is 0 Å². The van der Waals surface area contributed by atoms with Gasteiger partial charge < -0.3 is 19.1 Å². The molecule has 4 rings (SSSR count). The van der Waals surface area contributed by atoms with Gasteiger partial charge in [-0.3, -0.25) is 4.79 Å². The number of anilines is 1. The first kappa shape index (κ1) is 19.4. The molecule has 0 spiro atoms. The van der Waals surface area contributed by atoms with E-state index in [-0.39, 0.29) is 23.7 Å². The van der Waals surface area contributed by atoms with Crippen LogP contribution < -0.4 is 19.1 Å². The van der Waals surface area contributed by atoms with Gasteiger partial charge in [-0.25, -0.2) is 0 Å². The van der Waals surface area contributed by atoms with Crippen LogP contribution in [-0.4, -0.2) is 37.2 Å². The summed E-state index contributed by atoms with van der Waals surface area (Å²) in [7, 11) is 4.45. The maximum absolute atomic E-state index is 13.4. The molecule has 3 aromatic rings. The number of aromatic nitrogens is 2. The van der Waals surface area contributed by atoms with E-state index in [1.165, 1.54) is 21.3 Å². The van der Waals surface area contributed by atoms with E-state index in [4.69, 9.17) is 14.2 Å². The second-order valence-corrected chi connectivity index (χ2v) is 6.59. The van der Waals surface area contributed by atoms with Gasteiger partial charge in [0.2, 0.25) is 11.8 Å². The van der Waals surface area contributed by atoms with E-state index in [2.05, 4.69) is 9.97 Å². The summed E-state index contributed by atoms with van der Waals surface area (Å²) in [6.45, 7) is 0.474. The van der Waals surface area contributed by atoms with Crippen molar-refractivity contribution in [2.75, 3.05) is 26.2 Å². The minimum absolute atomic E-state index is 0.111. The van der Waals surface area contributed by atoms with Gasteiger partial charge in [0.05, 0.1) is 44.7 Å². The molecule has 1 aromatic heterocycles. The Hall–Kier alpha value is -3.87.